The van der Waals surface area contributed by atoms with Crippen molar-refractivity contribution in [1.82, 2.24) is 10.9 Å². The normalized spacial score (nSPS) is 10.2. The zero-order chi connectivity index (χ0) is 19.8. The molecule has 0 atom stereocenters. The Bertz CT molecular complexity index is 806. The SMILES string of the molecule is CCCOc1c(Cl)cc(C(=O)NNC(=O)c2ccc(C)cc2)cc1OCC. The number of carbonyl (C=O) groups is 2. The molecule has 0 fully saturated rings. The van der Waals surface area contributed by atoms with Gasteiger partial charge in [-0.15, -0.1) is 0 Å². The Kier molecular flexibility index (Phi) is 7.49. The first kappa shape index (κ1) is 20.6. The monoisotopic (exact) mass is 390 g/mol. The number of ether oxygens (including phenoxy) is 2. The molecule has 0 saturated heterocycles. The fourth-order valence-electron chi connectivity index (χ4n) is 2.27. The van der Waals surface area contributed by atoms with Crippen LogP contribution in [0.15, 0.2) is 36.4 Å². The van der Waals surface area contributed by atoms with Crippen LogP contribution in [0.25, 0.3) is 0 Å². The Morgan fingerprint density at radius 3 is 2.19 bits per heavy atom. The second kappa shape index (κ2) is 9.83. The van der Waals surface area contributed by atoms with Crippen molar-refractivity contribution in [2.75, 3.05) is 13.2 Å². The number of amides is 2. The summed E-state index contributed by atoms with van der Waals surface area (Å²) in [5.41, 5.74) is 6.49. The van der Waals surface area contributed by atoms with Gasteiger partial charge in [-0.3, -0.25) is 20.4 Å². The van der Waals surface area contributed by atoms with Gasteiger partial charge in [0.15, 0.2) is 11.5 Å². The number of rotatable bonds is 7. The average molecular weight is 391 g/mol. The lowest BCUT2D eigenvalue weighted by atomic mass is 10.1. The second-order valence-corrected chi connectivity index (χ2v) is 6.25. The predicted octanol–water partition coefficient (Wildman–Crippen LogP) is 3.91. The van der Waals surface area contributed by atoms with Gasteiger partial charge in [0.1, 0.15) is 0 Å². The molecule has 2 rings (SSSR count). The summed E-state index contributed by atoms with van der Waals surface area (Å²) in [6, 6.07) is 10.0. The van der Waals surface area contributed by atoms with Crippen LogP contribution in [0, 0.1) is 6.92 Å². The molecule has 6 nitrogen and oxygen atoms in total. The third-order valence-electron chi connectivity index (χ3n) is 3.63. The van der Waals surface area contributed by atoms with Crippen LogP contribution in [0.4, 0.5) is 0 Å². The van der Waals surface area contributed by atoms with Crippen molar-refractivity contribution in [1.29, 1.82) is 0 Å². The first-order valence-corrected chi connectivity index (χ1v) is 9.10. The molecule has 2 aromatic carbocycles. The Hall–Kier alpha value is -2.73. The molecule has 0 saturated carbocycles. The zero-order valence-electron chi connectivity index (χ0n) is 15.6. The van der Waals surface area contributed by atoms with E-state index in [1.54, 1.807) is 12.1 Å². The summed E-state index contributed by atoms with van der Waals surface area (Å²) in [5.74, 6) is -0.142. The summed E-state index contributed by atoms with van der Waals surface area (Å²) < 4.78 is 11.1. The van der Waals surface area contributed by atoms with Crippen molar-refractivity contribution in [3.8, 4) is 11.5 Å². The number of hydrogen-bond donors (Lipinski definition) is 2. The van der Waals surface area contributed by atoms with Crippen molar-refractivity contribution in [2.24, 2.45) is 0 Å². The minimum atomic E-state index is -0.514. The van der Waals surface area contributed by atoms with Crippen LogP contribution in [0.5, 0.6) is 11.5 Å². The molecule has 0 spiro atoms. The largest absolute Gasteiger partial charge is 0.490 e. The number of carbonyl (C=O) groups excluding carboxylic acids is 2. The summed E-state index contributed by atoms with van der Waals surface area (Å²) in [6.45, 7) is 6.61. The molecule has 0 aliphatic heterocycles. The number of halogens is 1. The van der Waals surface area contributed by atoms with E-state index in [0.717, 1.165) is 12.0 Å². The summed E-state index contributed by atoms with van der Waals surface area (Å²) in [5, 5.41) is 0.268. The lowest BCUT2D eigenvalue weighted by Crippen LogP contribution is -2.41. The Labute approximate surface area is 163 Å². The van der Waals surface area contributed by atoms with Crippen molar-refractivity contribution in [3.05, 3.63) is 58.1 Å². The van der Waals surface area contributed by atoms with E-state index in [1.807, 2.05) is 32.9 Å². The van der Waals surface area contributed by atoms with Gasteiger partial charge in [-0.1, -0.05) is 36.2 Å². The van der Waals surface area contributed by atoms with E-state index in [2.05, 4.69) is 10.9 Å². The third-order valence-corrected chi connectivity index (χ3v) is 3.91. The van der Waals surface area contributed by atoms with Crippen molar-refractivity contribution in [2.45, 2.75) is 27.2 Å². The molecule has 27 heavy (non-hydrogen) atoms. The molecular formula is C20H23ClN2O4. The molecule has 0 radical (unpaired) electrons. The highest BCUT2D eigenvalue weighted by Gasteiger charge is 2.17. The highest BCUT2D eigenvalue weighted by Crippen LogP contribution is 2.36. The topological polar surface area (TPSA) is 76.7 Å². The van der Waals surface area contributed by atoms with Gasteiger partial charge in [0.25, 0.3) is 11.8 Å². The van der Waals surface area contributed by atoms with Gasteiger partial charge in [-0.05, 0) is 44.5 Å². The Morgan fingerprint density at radius 2 is 1.59 bits per heavy atom. The van der Waals surface area contributed by atoms with Gasteiger partial charge < -0.3 is 9.47 Å². The van der Waals surface area contributed by atoms with E-state index in [-0.39, 0.29) is 10.6 Å². The molecule has 0 bridgehead atoms. The van der Waals surface area contributed by atoms with Gasteiger partial charge in [-0.2, -0.15) is 0 Å². The predicted molar refractivity (Wildman–Crippen MR) is 105 cm³/mol. The van der Waals surface area contributed by atoms with E-state index >= 15 is 0 Å². The number of benzene rings is 2. The minimum Gasteiger partial charge on any atom is -0.490 e. The Balaban J connectivity index is 2.10. The van der Waals surface area contributed by atoms with Crippen molar-refractivity contribution in [3.63, 3.8) is 0 Å². The molecule has 2 amide bonds. The number of hydrogen-bond acceptors (Lipinski definition) is 4. The van der Waals surface area contributed by atoms with Crippen molar-refractivity contribution >= 4 is 23.4 Å². The van der Waals surface area contributed by atoms with E-state index in [0.29, 0.717) is 30.3 Å². The summed E-state index contributed by atoms with van der Waals surface area (Å²) in [4.78, 5) is 24.5. The molecule has 0 unspecified atom stereocenters. The smallest absolute Gasteiger partial charge is 0.269 e. The maximum atomic E-state index is 12.4. The molecule has 0 aliphatic carbocycles. The highest BCUT2D eigenvalue weighted by atomic mass is 35.5. The zero-order valence-corrected chi connectivity index (χ0v) is 16.4. The molecule has 0 aromatic heterocycles. The van der Waals surface area contributed by atoms with Crippen LogP contribution < -0.4 is 20.3 Å². The first-order valence-electron chi connectivity index (χ1n) is 8.72. The fraction of sp³-hybridized carbons (Fsp3) is 0.300. The van der Waals surface area contributed by atoms with Crippen LogP contribution in [0.1, 0.15) is 46.5 Å². The molecular weight excluding hydrogens is 368 g/mol. The first-order chi connectivity index (χ1) is 13.0. The van der Waals surface area contributed by atoms with Gasteiger partial charge in [0.2, 0.25) is 0 Å². The lowest BCUT2D eigenvalue weighted by Gasteiger charge is -2.15. The quantitative estimate of drug-likeness (QED) is 0.703. The number of nitrogens with one attached hydrogen (secondary N) is 2. The standard InChI is InChI=1S/C20H23ClN2O4/c1-4-10-27-18-16(21)11-15(12-17(18)26-5-2)20(25)23-22-19(24)14-8-6-13(3)7-9-14/h6-9,11-12H,4-5,10H2,1-3H3,(H,22,24)(H,23,25). The maximum Gasteiger partial charge on any atom is 0.269 e. The maximum absolute atomic E-state index is 12.4. The molecule has 144 valence electrons. The average Bonchev–Trinajstić information content (AvgIpc) is 2.65. The Morgan fingerprint density at radius 1 is 0.963 bits per heavy atom. The van der Waals surface area contributed by atoms with Gasteiger partial charge in [-0.25, -0.2) is 0 Å². The van der Waals surface area contributed by atoms with Crippen molar-refractivity contribution < 1.29 is 19.1 Å². The van der Waals surface area contributed by atoms with Gasteiger partial charge >= 0.3 is 0 Å². The number of aryl methyl sites for hydroxylation is 1. The van der Waals surface area contributed by atoms with E-state index < -0.39 is 11.8 Å². The molecule has 2 aromatic rings. The fourth-order valence-corrected chi connectivity index (χ4v) is 2.53. The van der Waals surface area contributed by atoms with Gasteiger partial charge in [0.05, 0.1) is 18.2 Å². The number of hydrazine groups is 1. The van der Waals surface area contributed by atoms with Gasteiger partial charge in [0, 0.05) is 11.1 Å². The third kappa shape index (κ3) is 5.62. The van der Waals surface area contributed by atoms with Crippen LogP contribution in [-0.2, 0) is 0 Å². The molecule has 7 heteroatoms. The molecule has 0 aliphatic rings. The van der Waals surface area contributed by atoms with E-state index in [9.17, 15) is 9.59 Å². The van der Waals surface area contributed by atoms with Crippen LogP contribution in [-0.4, -0.2) is 25.0 Å². The van der Waals surface area contributed by atoms with E-state index in [1.165, 1.54) is 12.1 Å². The highest BCUT2D eigenvalue weighted by molar-refractivity contribution is 6.32. The summed E-state index contributed by atoms with van der Waals surface area (Å²) in [6.07, 6.45) is 0.815. The summed E-state index contributed by atoms with van der Waals surface area (Å²) in [7, 11) is 0. The van der Waals surface area contributed by atoms with Crippen LogP contribution >= 0.6 is 11.6 Å². The molecule has 0 heterocycles. The second-order valence-electron chi connectivity index (χ2n) is 5.84. The lowest BCUT2D eigenvalue weighted by molar-refractivity contribution is 0.0846. The minimum absolute atomic E-state index is 0.247. The van der Waals surface area contributed by atoms with E-state index in [4.69, 9.17) is 21.1 Å². The van der Waals surface area contributed by atoms with Crippen LogP contribution in [0.2, 0.25) is 5.02 Å². The summed E-state index contributed by atoms with van der Waals surface area (Å²) >= 11 is 6.25. The van der Waals surface area contributed by atoms with Crippen LogP contribution in [0.3, 0.4) is 0 Å². The molecule has 2 N–H and O–H groups in total.